The predicted molar refractivity (Wildman–Crippen MR) is 128 cm³/mol. The Labute approximate surface area is 193 Å². The molecule has 166 valence electrons. The Morgan fingerprint density at radius 2 is 1.87 bits per heavy atom. The average Bonchev–Trinajstić information content (AvgIpc) is 3.29. The Balaban J connectivity index is 1.34. The van der Waals surface area contributed by atoms with Crippen LogP contribution in [0.3, 0.4) is 0 Å². The molecule has 2 saturated heterocycles. The molecule has 2 aromatic carbocycles. The fourth-order valence-corrected chi connectivity index (χ4v) is 5.75. The number of nitrogens with one attached hydrogen (secondary N) is 1. The van der Waals surface area contributed by atoms with Gasteiger partial charge in [0.25, 0.3) is 0 Å². The van der Waals surface area contributed by atoms with Crippen LogP contribution in [0, 0.1) is 0 Å². The first-order chi connectivity index (χ1) is 15.2. The van der Waals surface area contributed by atoms with Crippen LogP contribution in [-0.2, 0) is 0 Å². The van der Waals surface area contributed by atoms with Crippen LogP contribution in [0.5, 0.6) is 5.75 Å². The summed E-state index contributed by atoms with van der Waals surface area (Å²) in [7, 11) is 1.66. The van der Waals surface area contributed by atoms with Gasteiger partial charge in [-0.1, -0.05) is 35.9 Å². The molecule has 2 heterocycles. The van der Waals surface area contributed by atoms with Gasteiger partial charge in [-0.2, -0.15) is 0 Å². The quantitative estimate of drug-likeness (QED) is 0.707. The van der Waals surface area contributed by atoms with Crippen LogP contribution < -0.4 is 15.0 Å². The van der Waals surface area contributed by atoms with Crippen molar-refractivity contribution in [3.63, 3.8) is 0 Å². The number of urea groups is 1. The molecule has 2 aromatic rings. The van der Waals surface area contributed by atoms with Crippen molar-refractivity contribution < 1.29 is 9.53 Å². The molecule has 2 aliphatic heterocycles. The molecule has 0 saturated carbocycles. The van der Waals surface area contributed by atoms with Crippen LogP contribution in [0.25, 0.3) is 0 Å². The number of benzene rings is 2. The Hall–Kier alpha value is -2.09. The van der Waals surface area contributed by atoms with Crippen molar-refractivity contribution in [3.8, 4) is 5.75 Å². The first-order valence-corrected chi connectivity index (χ1v) is 12.1. The second kappa shape index (κ2) is 10.5. The number of halogens is 1. The van der Waals surface area contributed by atoms with Crippen molar-refractivity contribution in [2.45, 2.75) is 5.37 Å². The molecule has 0 aromatic heterocycles. The van der Waals surface area contributed by atoms with Gasteiger partial charge in [-0.3, -0.25) is 4.90 Å². The second-order valence-electron chi connectivity index (χ2n) is 7.64. The van der Waals surface area contributed by atoms with Crippen molar-refractivity contribution in [2.75, 3.05) is 63.6 Å². The number of hydrogen-bond acceptors (Lipinski definition) is 5. The standard InChI is InChI=1S/C23H29ClN4O2S/c1-25-23(29)28-15-17-31-22(28)21-19(24)8-5-9-20(21)30-16-14-26-10-12-27(13-11-26)18-6-3-2-4-7-18/h2-9,22H,10-17H2,1H3,(H,25,29). The minimum absolute atomic E-state index is 0.0860. The third kappa shape index (κ3) is 5.22. The predicted octanol–water partition coefficient (Wildman–Crippen LogP) is 3.93. The second-order valence-corrected chi connectivity index (χ2v) is 9.23. The van der Waals surface area contributed by atoms with E-state index < -0.39 is 0 Å². The molecular weight excluding hydrogens is 432 g/mol. The number of carbonyl (C=O) groups excluding carboxylic acids is 1. The van der Waals surface area contributed by atoms with E-state index in [9.17, 15) is 4.79 Å². The van der Waals surface area contributed by atoms with Crippen LogP contribution in [-0.4, -0.2) is 74.5 Å². The summed E-state index contributed by atoms with van der Waals surface area (Å²) in [4.78, 5) is 19.0. The van der Waals surface area contributed by atoms with Crippen molar-refractivity contribution in [1.82, 2.24) is 15.1 Å². The van der Waals surface area contributed by atoms with E-state index in [-0.39, 0.29) is 11.4 Å². The van der Waals surface area contributed by atoms with Gasteiger partial charge in [-0.15, -0.1) is 11.8 Å². The smallest absolute Gasteiger partial charge is 0.318 e. The number of thioether (sulfide) groups is 1. The highest BCUT2D eigenvalue weighted by Crippen LogP contribution is 2.45. The lowest BCUT2D eigenvalue weighted by Crippen LogP contribution is -2.47. The van der Waals surface area contributed by atoms with Gasteiger partial charge in [0.05, 0.1) is 5.02 Å². The maximum absolute atomic E-state index is 12.3. The van der Waals surface area contributed by atoms with Gasteiger partial charge in [0, 0.05) is 63.3 Å². The summed E-state index contributed by atoms with van der Waals surface area (Å²) in [5, 5.41) is 3.24. The minimum Gasteiger partial charge on any atom is -0.492 e. The Morgan fingerprint density at radius 3 is 2.61 bits per heavy atom. The van der Waals surface area contributed by atoms with Crippen molar-refractivity contribution in [1.29, 1.82) is 0 Å². The number of rotatable bonds is 6. The highest BCUT2D eigenvalue weighted by Gasteiger charge is 2.33. The van der Waals surface area contributed by atoms with Crippen LogP contribution in [0.2, 0.25) is 5.02 Å². The van der Waals surface area contributed by atoms with Crippen molar-refractivity contribution in [2.24, 2.45) is 0 Å². The van der Waals surface area contributed by atoms with E-state index in [1.807, 2.05) is 23.1 Å². The lowest BCUT2D eigenvalue weighted by Gasteiger charge is -2.36. The number of ether oxygens (including phenoxy) is 1. The molecule has 1 unspecified atom stereocenters. The topological polar surface area (TPSA) is 48.1 Å². The lowest BCUT2D eigenvalue weighted by atomic mass is 10.2. The van der Waals surface area contributed by atoms with Crippen molar-refractivity contribution >= 4 is 35.1 Å². The van der Waals surface area contributed by atoms with Crippen LogP contribution >= 0.6 is 23.4 Å². The summed E-state index contributed by atoms with van der Waals surface area (Å²) in [5.41, 5.74) is 2.18. The van der Waals surface area contributed by atoms with E-state index in [4.69, 9.17) is 16.3 Å². The van der Waals surface area contributed by atoms with Crippen LogP contribution in [0.1, 0.15) is 10.9 Å². The summed E-state index contributed by atoms with van der Waals surface area (Å²) in [5.74, 6) is 1.65. The van der Waals surface area contributed by atoms with Gasteiger partial charge in [-0.25, -0.2) is 4.79 Å². The highest BCUT2D eigenvalue weighted by molar-refractivity contribution is 7.99. The van der Waals surface area contributed by atoms with Gasteiger partial charge in [0.1, 0.15) is 17.7 Å². The molecule has 2 amide bonds. The molecule has 0 aliphatic carbocycles. The van der Waals surface area contributed by atoms with E-state index in [0.717, 1.165) is 49.8 Å². The van der Waals surface area contributed by atoms with E-state index in [2.05, 4.69) is 45.4 Å². The van der Waals surface area contributed by atoms with Crippen molar-refractivity contribution in [3.05, 3.63) is 59.1 Å². The Kier molecular flexibility index (Phi) is 7.48. The van der Waals surface area contributed by atoms with E-state index in [0.29, 0.717) is 18.2 Å². The molecule has 6 nitrogen and oxygen atoms in total. The first-order valence-electron chi connectivity index (χ1n) is 10.7. The van der Waals surface area contributed by atoms with Crippen LogP contribution in [0.4, 0.5) is 10.5 Å². The molecule has 0 radical (unpaired) electrons. The van der Waals surface area contributed by atoms with Gasteiger partial charge in [0.15, 0.2) is 0 Å². The number of amides is 2. The third-order valence-corrected chi connectivity index (χ3v) is 7.34. The van der Waals surface area contributed by atoms with Crippen LogP contribution in [0.15, 0.2) is 48.5 Å². The summed E-state index contributed by atoms with van der Waals surface area (Å²) in [6.45, 7) is 6.23. The molecule has 0 spiro atoms. The van der Waals surface area contributed by atoms with Gasteiger partial charge < -0.3 is 19.9 Å². The number of piperazine rings is 1. The molecule has 1 N–H and O–H groups in total. The molecule has 8 heteroatoms. The summed E-state index contributed by atoms with van der Waals surface area (Å²) in [6, 6.07) is 16.2. The average molecular weight is 461 g/mol. The first kappa shape index (κ1) is 22.1. The number of anilines is 1. The lowest BCUT2D eigenvalue weighted by molar-refractivity contribution is 0.194. The molecule has 2 aliphatic rings. The number of hydrogen-bond donors (Lipinski definition) is 1. The normalized spacial score (nSPS) is 19.5. The van der Waals surface area contributed by atoms with E-state index in [1.165, 1.54) is 5.69 Å². The zero-order valence-electron chi connectivity index (χ0n) is 17.8. The summed E-state index contributed by atoms with van der Waals surface area (Å²) in [6.07, 6.45) is 0. The van der Waals surface area contributed by atoms with Gasteiger partial charge in [0.2, 0.25) is 0 Å². The summed E-state index contributed by atoms with van der Waals surface area (Å²) >= 11 is 8.28. The number of carbonyl (C=O) groups is 1. The van der Waals surface area contributed by atoms with E-state index in [1.54, 1.807) is 18.8 Å². The Morgan fingerprint density at radius 1 is 1.10 bits per heavy atom. The number of para-hydroxylation sites is 1. The largest absolute Gasteiger partial charge is 0.492 e. The van der Waals surface area contributed by atoms with E-state index >= 15 is 0 Å². The fraction of sp³-hybridized carbons (Fsp3) is 0.435. The third-order valence-electron chi connectivity index (χ3n) is 5.78. The zero-order chi connectivity index (χ0) is 21.6. The molecule has 1 atom stereocenters. The Bertz CT molecular complexity index is 877. The van der Waals surface area contributed by atoms with Gasteiger partial charge >= 0.3 is 6.03 Å². The molecule has 4 rings (SSSR count). The SMILES string of the molecule is CNC(=O)N1CCSC1c1c(Cl)cccc1OCCN1CCN(c2ccccc2)CC1. The summed E-state index contributed by atoms with van der Waals surface area (Å²) < 4.78 is 6.19. The fourth-order valence-electron chi connectivity index (χ4n) is 4.10. The maximum Gasteiger partial charge on any atom is 0.318 e. The highest BCUT2D eigenvalue weighted by atomic mass is 35.5. The molecular formula is C23H29ClN4O2S. The number of nitrogens with zero attached hydrogens (tertiary/aromatic N) is 3. The molecule has 2 fully saturated rings. The molecule has 0 bridgehead atoms. The maximum atomic E-state index is 12.3. The van der Waals surface area contributed by atoms with Gasteiger partial charge in [-0.05, 0) is 24.3 Å². The monoisotopic (exact) mass is 460 g/mol. The minimum atomic E-state index is -0.127. The zero-order valence-corrected chi connectivity index (χ0v) is 19.4. The molecule has 31 heavy (non-hydrogen) atoms.